The van der Waals surface area contributed by atoms with Crippen molar-refractivity contribution < 1.29 is 14.3 Å². The first-order valence-electron chi connectivity index (χ1n) is 9.55. The third kappa shape index (κ3) is 4.47. The highest BCUT2D eigenvalue weighted by Crippen LogP contribution is 2.27. The molecular weight excluding hydrogens is 409 g/mol. The quantitative estimate of drug-likeness (QED) is 0.607. The zero-order chi connectivity index (χ0) is 21.8. The number of carbonyl (C=O) groups is 1. The van der Waals surface area contributed by atoms with Crippen LogP contribution in [-0.2, 0) is 6.54 Å². The molecule has 2 amide bonds. The Morgan fingerprint density at radius 1 is 1.27 bits per heavy atom. The molecule has 1 heterocycles. The summed E-state index contributed by atoms with van der Waals surface area (Å²) in [7, 11) is 1.64. The lowest BCUT2D eigenvalue weighted by Gasteiger charge is -2.27. The van der Waals surface area contributed by atoms with Crippen LogP contribution in [0.25, 0.3) is 10.8 Å². The molecule has 3 rings (SSSR count). The van der Waals surface area contributed by atoms with E-state index in [4.69, 9.17) is 16.7 Å². The Kier molecular flexibility index (Phi) is 6.74. The number of nitrogens with one attached hydrogen (secondary N) is 1. The number of urea groups is 1. The fraction of sp³-hybridized carbons (Fsp3) is 0.273. The maximum absolute atomic E-state index is 13.4. The van der Waals surface area contributed by atoms with E-state index < -0.39 is 11.8 Å². The second-order valence-electron chi connectivity index (χ2n) is 7.05. The predicted octanol–water partition coefficient (Wildman–Crippen LogP) is 4.40. The smallest absolute Gasteiger partial charge is 0.322 e. The van der Waals surface area contributed by atoms with Gasteiger partial charge in [0.25, 0.3) is 5.56 Å². The van der Waals surface area contributed by atoms with Gasteiger partial charge in [-0.2, -0.15) is 0 Å². The number of fused-ring (bicyclic) bond motifs is 1. The van der Waals surface area contributed by atoms with Crippen molar-refractivity contribution in [3.05, 3.63) is 75.4 Å². The molecule has 0 spiro atoms. The highest BCUT2D eigenvalue weighted by molar-refractivity contribution is 6.31. The van der Waals surface area contributed by atoms with Crippen molar-refractivity contribution in [3.63, 3.8) is 0 Å². The van der Waals surface area contributed by atoms with E-state index in [1.165, 1.54) is 23.1 Å². The second-order valence-corrected chi connectivity index (χ2v) is 7.46. The molecule has 8 heteroatoms. The minimum Gasteiger partial charge on any atom is -0.396 e. The van der Waals surface area contributed by atoms with Crippen molar-refractivity contribution in [1.82, 2.24) is 9.47 Å². The fourth-order valence-corrected chi connectivity index (χ4v) is 3.46. The van der Waals surface area contributed by atoms with Crippen molar-refractivity contribution in [3.8, 4) is 0 Å². The first-order valence-corrected chi connectivity index (χ1v) is 9.93. The number of amides is 2. The van der Waals surface area contributed by atoms with Crippen LogP contribution in [-0.4, -0.2) is 34.3 Å². The maximum atomic E-state index is 13.4. The number of aromatic nitrogens is 1. The van der Waals surface area contributed by atoms with Crippen molar-refractivity contribution in [2.75, 3.05) is 19.0 Å². The second kappa shape index (κ2) is 9.28. The number of aliphatic hydroxyl groups is 1. The SMILES string of the molecule is C[C@H](c1cn(CCCO)c(=O)c2ccccc12)N(C)C(=O)Nc1ccc(F)c(Cl)c1. The first-order chi connectivity index (χ1) is 14.3. The molecule has 6 nitrogen and oxygen atoms in total. The summed E-state index contributed by atoms with van der Waals surface area (Å²) in [6, 6.07) is 10.4. The van der Waals surface area contributed by atoms with Gasteiger partial charge >= 0.3 is 6.03 Å². The lowest BCUT2D eigenvalue weighted by Crippen LogP contribution is -2.34. The lowest BCUT2D eigenvalue weighted by molar-refractivity contribution is 0.208. The average molecular weight is 432 g/mol. The van der Waals surface area contributed by atoms with E-state index in [0.717, 1.165) is 10.9 Å². The van der Waals surface area contributed by atoms with Gasteiger partial charge < -0.3 is 19.9 Å². The molecule has 0 saturated heterocycles. The molecule has 158 valence electrons. The lowest BCUT2D eigenvalue weighted by atomic mass is 10.0. The Morgan fingerprint density at radius 3 is 2.63 bits per heavy atom. The van der Waals surface area contributed by atoms with Gasteiger partial charge in [0.15, 0.2) is 0 Å². The number of halogens is 2. The largest absolute Gasteiger partial charge is 0.396 e. The molecule has 1 aromatic heterocycles. The van der Waals surface area contributed by atoms with E-state index in [0.29, 0.717) is 24.0 Å². The molecule has 3 aromatic rings. The molecule has 0 radical (unpaired) electrons. The van der Waals surface area contributed by atoms with Crippen LogP contribution in [0.1, 0.15) is 24.9 Å². The van der Waals surface area contributed by atoms with Gasteiger partial charge in [0, 0.05) is 37.5 Å². The van der Waals surface area contributed by atoms with Crippen LogP contribution in [0.2, 0.25) is 5.02 Å². The Morgan fingerprint density at radius 2 is 1.97 bits per heavy atom. The van der Waals surface area contributed by atoms with Gasteiger partial charge in [-0.25, -0.2) is 9.18 Å². The topological polar surface area (TPSA) is 74.6 Å². The summed E-state index contributed by atoms with van der Waals surface area (Å²) in [5.41, 5.74) is 1.05. The molecule has 0 aliphatic heterocycles. The summed E-state index contributed by atoms with van der Waals surface area (Å²) < 4.78 is 14.9. The minimum atomic E-state index is -0.562. The van der Waals surface area contributed by atoms with E-state index in [-0.39, 0.29) is 23.2 Å². The molecular formula is C22H23ClFN3O3. The minimum absolute atomic E-state index is 0.0211. The molecule has 1 atom stereocenters. The average Bonchev–Trinajstić information content (AvgIpc) is 2.75. The van der Waals surface area contributed by atoms with Crippen LogP contribution in [0.15, 0.2) is 53.5 Å². The number of nitrogens with zero attached hydrogens (tertiary/aromatic N) is 2. The number of hydrogen-bond donors (Lipinski definition) is 2. The summed E-state index contributed by atoms with van der Waals surface area (Å²) >= 11 is 5.78. The molecule has 2 N–H and O–H groups in total. The van der Waals surface area contributed by atoms with Crippen molar-refractivity contribution in [2.24, 2.45) is 0 Å². The normalized spacial score (nSPS) is 12.0. The Balaban J connectivity index is 1.93. The summed E-state index contributed by atoms with van der Waals surface area (Å²) in [4.78, 5) is 27.0. The van der Waals surface area contributed by atoms with Crippen molar-refractivity contribution in [1.29, 1.82) is 0 Å². The van der Waals surface area contributed by atoms with Gasteiger partial charge in [0.05, 0.1) is 11.1 Å². The zero-order valence-corrected chi connectivity index (χ0v) is 17.5. The number of rotatable bonds is 6. The van der Waals surface area contributed by atoms with Crippen LogP contribution >= 0.6 is 11.6 Å². The van der Waals surface area contributed by atoms with Gasteiger partial charge in [-0.05, 0) is 48.6 Å². The van der Waals surface area contributed by atoms with Crippen LogP contribution in [0.4, 0.5) is 14.9 Å². The van der Waals surface area contributed by atoms with E-state index in [1.807, 2.05) is 19.1 Å². The molecule has 0 saturated carbocycles. The molecule has 0 bridgehead atoms. The molecule has 0 aliphatic carbocycles. The third-order valence-corrected chi connectivity index (χ3v) is 5.39. The van der Waals surface area contributed by atoms with Crippen LogP contribution in [0.3, 0.4) is 0 Å². The first kappa shape index (κ1) is 21.8. The molecule has 0 fully saturated rings. The standard InChI is InChI=1S/C22H23ClFN3O3/c1-14(26(2)22(30)25-15-8-9-20(24)19(23)12-15)18-13-27(10-5-11-28)21(29)17-7-4-3-6-16(17)18/h3-4,6-9,12-14,28H,5,10-11H2,1-2H3,(H,25,30)/t14-/m1/s1. The van der Waals surface area contributed by atoms with Crippen molar-refractivity contribution in [2.45, 2.75) is 25.9 Å². The Bertz CT molecular complexity index is 1130. The molecule has 2 aromatic carbocycles. The third-order valence-electron chi connectivity index (χ3n) is 5.10. The number of hydrogen-bond acceptors (Lipinski definition) is 3. The van der Waals surface area contributed by atoms with E-state index >= 15 is 0 Å². The Hall–Kier alpha value is -2.90. The number of benzene rings is 2. The number of anilines is 1. The van der Waals surface area contributed by atoms with Gasteiger partial charge in [-0.1, -0.05) is 29.8 Å². The van der Waals surface area contributed by atoms with Gasteiger partial charge in [0.2, 0.25) is 0 Å². The summed E-state index contributed by atoms with van der Waals surface area (Å²) in [5, 5.41) is 13.1. The van der Waals surface area contributed by atoms with Crippen LogP contribution < -0.4 is 10.9 Å². The van der Waals surface area contributed by atoms with E-state index in [9.17, 15) is 14.0 Å². The summed E-state index contributed by atoms with van der Waals surface area (Å²) in [5.74, 6) is -0.562. The summed E-state index contributed by atoms with van der Waals surface area (Å²) in [6.07, 6.45) is 2.19. The highest BCUT2D eigenvalue weighted by Gasteiger charge is 2.21. The van der Waals surface area contributed by atoms with Crippen molar-refractivity contribution >= 4 is 34.1 Å². The summed E-state index contributed by atoms with van der Waals surface area (Å²) in [6.45, 7) is 2.22. The number of aryl methyl sites for hydroxylation is 1. The Labute approximate surface area is 178 Å². The fourth-order valence-electron chi connectivity index (χ4n) is 3.28. The highest BCUT2D eigenvalue weighted by atomic mass is 35.5. The van der Waals surface area contributed by atoms with E-state index in [1.54, 1.807) is 29.9 Å². The number of carbonyl (C=O) groups excluding carboxylic acids is 1. The predicted molar refractivity (Wildman–Crippen MR) is 117 cm³/mol. The molecule has 30 heavy (non-hydrogen) atoms. The molecule has 0 unspecified atom stereocenters. The maximum Gasteiger partial charge on any atom is 0.322 e. The van der Waals surface area contributed by atoms with Gasteiger partial charge in [0.1, 0.15) is 5.82 Å². The van der Waals surface area contributed by atoms with Crippen LogP contribution in [0.5, 0.6) is 0 Å². The zero-order valence-electron chi connectivity index (χ0n) is 16.7. The van der Waals surface area contributed by atoms with Gasteiger partial charge in [-0.15, -0.1) is 0 Å². The van der Waals surface area contributed by atoms with Crippen LogP contribution in [0, 0.1) is 5.82 Å². The number of pyridine rings is 1. The molecule has 0 aliphatic rings. The van der Waals surface area contributed by atoms with Gasteiger partial charge in [-0.3, -0.25) is 4.79 Å². The monoisotopic (exact) mass is 431 g/mol. The number of aliphatic hydroxyl groups excluding tert-OH is 1. The van der Waals surface area contributed by atoms with E-state index in [2.05, 4.69) is 5.32 Å².